The highest BCUT2D eigenvalue weighted by Crippen LogP contribution is 2.20. The Morgan fingerprint density at radius 3 is 2.45 bits per heavy atom. The number of carbonyl (C=O) groups excluding carboxylic acids is 2. The van der Waals surface area contributed by atoms with Crippen molar-refractivity contribution < 1.29 is 14.3 Å². The minimum atomic E-state index is -0.944. The number of H-pyrrole nitrogens is 1. The lowest BCUT2D eigenvalue weighted by Crippen LogP contribution is -2.40. The first kappa shape index (κ1) is 20.1. The zero-order valence-corrected chi connectivity index (χ0v) is 16.5. The SMILES string of the molecule is CC(C)(C)OC(=O)N[C@@H](C(=O)Nc1ccc2c(=O)[nH]ccc2c1)c1ccccc1. The highest BCUT2D eigenvalue weighted by molar-refractivity contribution is 5.99. The van der Waals surface area contributed by atoms with E-state index < -0.39 is 23.6 Å². The van der Waals surface area contributed by atoms with E-state index in [0.29, 0.717) is 22.0 Å². The van der Waals surface area contributed by atoms with Crippen molar-refractivity contribution in [3.63, 3.8) is 0 Å². The summed E-state index contributed by atoms with van der Waals surface area (Å²) in [7, 11) is 0. The van der Waals surface area contributed by atoms with Crippen molar-refractivity contribution in [1.29, 1.82) is 0 Å². The molecule has 1 heterocycles. The number of ether oxygens (including phenoxy) is 1. The minimum Gasteiger partial charge on any atom is -0.444 e. The molecule has 0 unspecified atom stereocenters. The number of pyridine rings is 1. The van der Waals surface area contributed by atoms with Gasteiger partial charge in [-0.15, -0.1) is 0 Å². The predicted octanol–water partition coefficient (Wildman–Crippen LogP) is 3.73. The fourth-order valence-corrected chi connectivity index (χ4v) is 2.86. The number of alkyl carbamates (subject to hydrolysis) is 1. The maximum absolute atomic E-state index is 13.0. The highest BCUT2D eigenvalue weighted by Gasteiger charge is 2.26. The summed E-state index contributed by atoms with van der Waals surface area (Å²) in [5, 5.41) is 6.65. The van der Waals surface area contributed by atoms with Crippen LogP contribution in [-0.2, 0) is 9.53 Å². The van der Waals surface area contributed by atoms with Crippen LogP contribution in [0.4, 0.5) is 10.5 Å². The van der Waals surface area contributed by atoms with E-state index in [2.05, 4.69) is 15.6 Å². The molecule has 0 aliphatic heterocycles. The maximum atomic E-state index is 13.0. The molecule has 1 aromatic heterocycles. The van der Waals surface area contributed by atoms with E-state index in [-0.39, 0.29) is 5.56 Å². The van der Waals surface area contributed by atoms with Gasteiger partial charge in [0.05, 0.1) is 0 Å². The van der Waals surface area contributed by atoms with E-state index >= 15 is 0 Å². The Morgan fingerprint density at radius 2 is 1.76 bits per heavy atom. The lowest BCUT2D eigenvalue weighted by atomic mass is 10.1. The van der Waals surface area contributed by atoms with Crippen molar-refractivity contribution in [2.75, 3.05) is 5.32 Å². The van der Waals surface area contributed by atoms with Gasteiger partial charge >= 0.3 is 6.09 Å². The molecular weight excluding hydrogens is 370 g/mol. The van der Waals surface area contributed by atoms with Crippen LogP contribution in [0.3, 0.4) is 0 Å². The van der Waals surface area contributed by atoms with Crippen LogP contribution >= 0.6 is 0 Å². The molecule has 3 N–H and O–H groups in total. The summed E-state index contributed by atoms with van der Waals surface area (Å²) in [6.45, 7) is 5.25. The second-order valence-corrected chi connectivity index (χ2v) is 7.59. The fourth-order valence-electron chi connectivity index (χ4n) is 2.86. The summed E-state index contributed by atoms with van der Waals surface area (Å²) in [5.74, 6) is -0.425. The maximum Gasteiger partial charge on any atom is 0.408 e. The molecule has 29 heavy (non-hydrogen) atoms. The topological polar surface area (TPSA) is 100 Å². The zero-order chi connectivity index (χ0) is 21.0. The minimum absolute atomic E-state index is 0.200. The molecule has 0 aliphatic carbocycles. The van der Waals surface area contributed by atoms with Gasteiger partial charge in [-0.2, -0.15) is 0 Å². The van der Waals surface area contributed by atoms with Crippen molar-refractivity contribution in [3.05, 3.63) is 76.7 Å². The number of hydrogen-bond donors (Lipinski definition) is 3. The van der Waals surface area contributed by atoms with Crippen LogP contribution in [0.15, 0.2) is 65.6 Å². The van der Waals surface area contributed by atoms with E-state index in [0.717, 1.165) is 0 Å². The molecule has 0 spiro atoms. The Bertz CT molecular complexity index is 1080. The molecule has 3 rings (SSSR count). The summed E-state index contributed by atoms with van der Waals surface area (Å²) in [6.07, 6.45) is 0.860. The molecule has 0 fully saturated rings. The summed E-state index contributed by atoms with van der Waals surface area (Å²) in [4.78, 5) is 39.7. The zero-order valence-electron chi connectivity index (χ0n) is 16.5. The van der Waals surface area contributed by atoms with E-state index in [1.165, 1.54) is 0 Å². The average Bonchev–Trinajstić information content (AvgIpc) is 2.65. The fraction of sp³-hybridized carbons (Fsp3) is 0.227. The molecule has 0 saturated heterocycles. The number of amides is 2. The van der Waals surface area contributed by atoms with Gasteiger partial charge in [0.15, 0.2) is 0 Å². The molecule has 0 bridgehead atoms. The van der Waals surface area contributed by atoms with Gasteiger partial charge in [0.2, 0.25) is 0 Å². The number of anilines is 1. The van der Waals surface area contributed by atoms with E-state index in [9.17, 15) is 14.4 Å². The molecule has 2 amide bonds. The lowest BCUT2D eigenvalue weighted by Gasteiger charge is -2.23. The number of rotatable bonds is 4. The summed E-state index contributed by atoms with van der Waals surface area (Å²) < 4.78 is 5.29. The van der Waals surface area contributed by atoms with Crippen LogP contribution in [0.1, 0.15) is 32.4 Å². The average molecular weight is 393 g/mol. The van der Waals surface area contributed by atoms with Crippen molar-refractivity contribution in [3.8, 4) is 0 Å². The van der Waals surface area contributed by atoms with Crippen molar-refractivity contribution >= 4 is 28.5 Å². The Balaban J connectivity index is 1.84. The van der Waals surface area contributed by atoms with Crippen LogP contribution in [0.25, 0.3) is 10.8 Å². The molecule has 7 heteroatoms. The third kappa shape index (κ3) is 5.22. The second-order valence-electron chi connectivity index (χ2n) is 7.59. The van der Waals surface area contributed by atoms with Gasteiger partial charge in [-0.3, -0.25) is 9.59 Å². The van der Waals surface area contributed by atoms with Gasteiger partial charge in [0.1, 0.15) is 11.6 Å². The number of carbonyl (C=O) groups is 2. The second kappa shape index (κ2) is 8.18. The van der Waals surface area contributed by atoms with E-state index in [1.807, 2.05) is 6.07 Å². The standard InChI is InChI=1S/C22H23N3O4/c1-22(2,3)29-21(28)25-18(14-7-5-4-6-8-14)20(27)24-16-9-10-17-15(13-16)11-12-23-19(17)26/h4-13,18H,1-3H3,(H,23,26)(H,24,27)(H,25,28)/t18-/m1/s1. The number of hydrogen-bond acceptors (Lipinski definition) is 4. The first-order chi connectivity index (χ1) is 13.7. The molecule has 150 valence electrons. The van der Waals surface area contributed by atoms with Gasteiger partial charge in [0, 0.05) is 17.3 Å². The first-order valence-electron chi connectivity index (χ1n) is 9.20. The first-order valence-corrected chi connectivity index (χ1v) is 9.20. The predicted molar refractivity (Wildman–Crippen MR) is 112 cm³/mol. The number of aromatic nitrogens is 1. The summed E-state index contributed by atoms with van der Waals surface area (Å²) >= 11 is 0. The number of aromatic amines is 1. The van der Waals surface area contributed by atoms with Crippen molar-refractivity contribution in [2.45, 2.75) is 32.4 Å². The third-order valence-electron chi connectivity index (χ3n) is 4.10. The van der Waals surface area contributed by atoms with Crippen LogP contribution in [0.5, 0.6) is 0 Å². The van der Waals surface area contributed by atoms with Crippen LogP contribution in [0.2, 0.25) is 0 Å². The van der Waals surface area contributed by atoms with Gasteiger partial charge in [-0.1, -0.05) is 30.3 Å². The van der Waals surface area contributed by atoms with Crippen LogP contribution < -0.4 is 16.2 Å². The van der Waals surface area contributed by atoms with Crippen LogP contribution in [0, 0.1) is 0 Å². The quantitative estimate of drug-likeness (QED) is 0.629. The van der Waals surface area contributed by atoms with Gasteiger partial charge < -0.3 is 20.4 Å². The monoisotopic (exact) mass is 393 g/mol. The Kier molecular flexibility index (Phi) is 5.68. The van der Waals surface area contributed by atoms with Crippen molar-refractivity contribution in [1.82, 2.24) is 10.3 Å². The molecule has 3 aromatic rings. The smallest absolute Gasteiger partial charge is 0.408 e. The van der Waals surface area contributed by atoms with Gasteiger partial charge in [-0.25, -0.2) is 4.79 Å². The number of nitrogens with one attached hydrogen (secondary N) is 3. The largest absolute Gasteiger partial charge is 0.444 e. The Labute approximate surface area is 168 Å². The molecule has 7 nitrogen and oxygen atoms in total. The van der Waals surface area contributed by atoms with Crippen molar-refractivity contribution in [2.24, 2.45) is 0 Å². The Hall–Kier alpha value is -3.61. The summed E-state index contributed by atoms with van der Waals surface area (Å²) in [6, 6.07) is 14.7. The summed E-state index contributed by atoms with van der Waals surface area (Å²) in [5.41, 5.74) is 0.245. The molecule has 1 atom stereocenters. The van der Waals surface area contributed by atoms with Gasteiger partial charge in [-0.05, 0) is 56.0 Å². The number of fused-ring (bicyclic) bond motifs is 1. The van der Waals surface area contributed by atoms with E-state index in [1.54, 1.807) is 75.5 Å². The van der Waals surface area contributed by atoms with Crippen LogP contribution in [-0.4, -0.2) is 22.6 Å². The lowest BCUT2D eigenvalue weighted by molar-refractivity contribution is -0.118. The molecule has 0 saturated carbocycles. The van der Waals surface area contributed by atoms with E-state index in [4.69, 9.17) is 4.74 Å². The highest BCUT2D eigenvalue weighted by atomic mass is 16.6. The molecule has 2 aromatic carbocycles. The molecule has 0 radical (unpaired) electrons. The number of benzene rings is 2. The third-order valence-corrected chi connectivity index (χ3v) is 4.10. The Morgan fingerprint density at radius 1 is 1.03 bits per heavy atom. The van der Waals surface area contributed by atoms with Gasteiger partial charge in [0.25, 0.3) is 11.5 Å². The normalized spacial score (nSPS) is 12.2. The molecule has 0 aliphatic rings. The molecular formula is C22H23N3O4.